The number of hydrogen-bond donors (Lipinski definition) is 1. The maximum atomic E-state index is 12.8. The molecule has 144 valence electrons. The Hall–Kier alpha value is -2.98. The molecule has 0 bridgehead atoms. The fourth-order valence-corrected chi connectivity index (χ4v) is 4.13. The van der Waals surface area contributed by atoms with Crippen LogP contribution in [0, 0.1) is 11.3 Å². The van der Waals surface area contributed by atoms with Gasteiger partial charge < -0.3 is 10.2 Å². The van der Waals surface area contributed by atoms with Crippen LogP contribution in [-0.2, 0) is 4.79 Å². The highest BCUT2D eigenvalue weighted by atomic mass is 16.2. The summed E-state index contributed by atoms with van der Waals surface area (Å²) >= 11 is 0. The molecule has 0 saturated carbocycles. The van der Waals surface area contributed by atoms with Crippen molar-refractivity contribution in [2.24, 2.45) is 0 Å². The van der Waals surface area contributed by atoms with E-state index in [-0.39, 0.29) is 23.9 Å². The van der Waals surface area contributed by atoms with Gasteiger partial charge in [-0.1, -0.05) is 18.2 Å². The minimum Gasteiger partial charge on any atom is -0.348 e. The molecule has 2 aliphatic rings. The van der Waals surface area contributed by atoms with Crippen LogP contribution in [0.2, 0.25) is 0 Å². The lowest BCUT2D eigenvalue weighted by molar-refractivity contribution is -0.132. The Labute approximate surface area is 163 Å². The lowest BCUT2D eigenvalue weighted by Crippen LogP contribution is -2.43. The molecule has 1 aromatic carbocycles. The van der Waals surface area contributed by atoms with Gasteiger partial charge in [-0.05, 0) is 31.4 Å². The van der Waals surface area contributed by atoms with Crippen LogP contribution < -0.4 is 5.32 Å². The molecule has 1 N–H and O–H groups in total. The van der Waals surface area contributed by atoms with Crippen molar-refractivity contribution >= 4 is 22.7 Å². The number of likely N-dealkylation sites (tertiary alicyclic amines) is 2. The van der Waals surface area contributed by atoms with Gasteiger partial charge in [-0.15, -0.1) is 0 Å². The van der Waals surface area contributed by atoms with Crippen LogP contribution in [-0.4, -0.2) is 64.9 Å². The van der Waals surface area contributed by atoms with Crippen molar-refractivity contribution in [1.29, 1.82) is 5.26 Å². The van der Waals surface area contributed by atoms with Crippen LogP contribution >= 0.6 is 0 Å². The SMILES string of the molecule is N#CC1CCCN1C(=O)CN1CCC(NC(=O)c2cccc3cccnc23)C1. The quantitative estimate of drug-likeness (QED) is 0.873. The number of pyridine rings is 1. The second-order valence-corrected chi connectivity index (χ2v) is 7.45. The van der Waals surface area contributed by atoms with E-state index in [1.165, 1.54) is 0 Å². The summed E-state index contributed by atoms with van der Waals surface area (Å²) in [5, 5.41) is 13.2. The molecule has 0 aliphatic carbocycles. The Morgan fingerprint density at radius 3 is 2.93 bits per heavy atom. The summed E-state index contributed by atoms with van der Waals surface area (Å²) in [7, 11) is 0. The van der Waals surface area contributed by atoms with Crippen LogP contribution in [0.15, 0.2) is 36.5 Å². The number of nitrogens with zero attached hydrogens (tertiary/aromatic N) is 4. The van der Waals surface area contributed by atoms with Gasteiger partial charge in [-0.3, -0.25) is 19.5 Å². The Morgan fingerprint density at radius 1 is 1.21 bits per heavy atom. The van der Waals surface area contributed by atoms with Gasteiger partial charge in [0.25, 0.3) is 5.91 Å². The molecule has 2 amide bonds. The smallest absolute Gasteiger partial charge is 0.253 e. The first kappa shape index (κ1) is 18.4. The zero-order valence-corrected chi connectivity index (χ0v) is 15.7. The first-order valence-electron chi connectivity index (χ1n) is 9.72. The fraction of sp³-hybridized carbons (Fsp3) is 0.429. The van der Waals surface area contributed by atoms with Crippen LogP contribution in [0.1, 0.15) is 29.6 Å². The van der Waals surface area contributed by atoms with Crippen molar-refractivity contribution in [3.8, 4) is 6.07 Å². The normalized spacial score (nSPS) is 22.3. The number of amides is 2. The minimum atomic E-state index is -0.288. The van der Waals surface area contributed by atoms with Crippen LogP contribution in [0.4, 0.5) is 0 Å². The van der Waals surface area contributed by atoms with E-state index in [0.717, 1.165) is 31.2 Å². The molecule has 7 heteroatoms. The largest absolute Gasteiger partial charge is 0.348 e. The molecule has 2 aromatic rings. The highest BCUT2D eigenvalue weighted by Gasteiger charge is 2.32. The minimum absolute atomic E-state index is 0.00427. The second kappa shape index (κ2) is 7.95. The third-order valence-corrected chi connectivity index (χ3v) is 5.57. The van der Waals surface area contributed by atoms with Gasteiger partial charge in [-0.2, -0.15) is 5.26 Å². The van der Waals surface area contributed by atoms with Gasteiger partial charge in [0.1, 0.15) is 6.04 Å². The summed E-state index contributed by atoms with van der Waals surface area (Å²) in [6.07, 6.45) is 4.15. The van der Waals surface area contributed by atoms with Crippen molar-refractivity contribution in [2.45, 2.75) is 31.3 Å². The van der Waals surface area contributed by atoms with Gasteiger partial charge >= 0.3 is 0 Å². The highest BCUT2D eigenvalue weighted by Crippen LogP contribution is 2.19. The number of benzene rings is 1. The molecule has 7 nitrogen and oxygen atoms in total. The third-order valence-electron chi connectivity index (χ3n) is 5.57. The molecule has 4 rings (SSSR count). The van der Waals surface area contributed by atoms with E-state index in [1.54, 1.807) is 17.2 Å². The summed E-state index contributed by atoms with van der Waals surface area (Å²) in [5.74, 6) is -0.124. The van der Waals surface area contributed by atoms with Crippen molar-refractivity contribution < 1.29 is 9.59 Å². The number of hydrogen-bond acceptors (Lipinski definition) is 5. The Bertz CT molecular complexity index is 933. The van der Waals surface area contributed by atoms with E-state index in [1.807, 2.05) is 24.3 Å². The number of fused-ring (bicyclic) bond motifs is 1. The number of aromatic nitrogens is 1. The van der Waals surface area contributed by atoms with Crippen LogP contribution in [0.5, 0.6) is 0 Å². The highest BCUT2D eigenvalue weighted by molar-refractivity contribution is 6.05. The van der Waals surface area contributed by atoms with E-state index >= 15 is 0 Å². The van der Waals surface area contributed by atoms with Crippen molar-refractivity contribution in [2.75, 3.05) is 26.2 Å². The number of nitrogens with one attached hydrogen (secondary N) is 1. The summed E-state index contributed by atoms with van der Waals surface area (Å²) in [6.45, 7) is 2.37. The molecule has 2 fully saturated rings. The molecule has 0 spiro atoms. The van der Waals surface area contributed by atoms with Crippen molar-refractivity contribution in [1.82, 2.24) is 20.1 Å². The van der Waals surface area contributed by atoms with Gasteiger partial charge in [0.15, 0.2) is 0 Å². The molecule has 2 atom stereocenters. The van der Waals surface area contributed by atoms with Gasteiger partial charge in [0, 0.05) is 37.3 Å². The maximum absolute atomic E-state index is 12.8. The predicted molar refractivity (Wildman–Crippen MR) is 104 cm³/mol. The molecule has 2 saturated heterocycles. The van der Waals surface area contributed by atoms with E-state index in [0.29, 0.717) is 30.7 Å². The molecule has 1 aromatic heterocycles. The first-order chi connectivity index (χ1) is 13.7. The monoisotopic (exact) mass is 377 g/mol. The Balaban J connectivity index is 1.35. The molecule has 3 heterocycles. The van der Waals surface area contributed by atoms with Gasteiger partial charge in [0.2, 0.25) is 5.91 Å². The van der Waals surface area contributed by atoms with Crippen LogP contribution in [0.3, 0.4) is 0 Å². The van der Waals surface area contributed by atoms with E-state index < -0.39 is 0 Å². The van der Waals surface area contributed by atoms with Crippen molar-refractivity contribution in [3.05, 3.63) is 42.1 Å². The lowest BCUT2D eigenvalue weighted by Gasteiger charge is -2.23. The molecule has 0 radical (unpaired) electrons. The molecule has 2 aliphatic heterocycles. The topological polar surface area (TPSA) is 89.3 Å². The van der Waals surface area contributed by atoms with E-state index in [9.17, 15) is 9.59 Å². The second-order valence-electron chi connectivity index (χ2n) is 7.45. The standard InChI is InChI=1S/C21H23N5O2/c22-12-17-6-3-10-26(17)19(27)14-25-11-8-16(13-25)24-21(28)18-7-1-4-15-5-2-9-23-20(15)18/h1-2,4-5,7,9,16-17H,3,6,8,10-11,13-14H2,(H,24,28). The molecular weight excluding hydrogens is 354 g/mol. The zero-order valence-electron chi connectivity index (χ0n) is 15.7. The van der Waals surface area contributed by atoms with E-state index in [4.69, 9.17) is 5.26 Å². The lowest BCUT2D eigenvalue weighted by atomic mass is 10.1. The zero-order chi connectivity index (χ0) is 19.5. The van der Waals surface area contributed by atoms with Crippen molar-refractivity contribution in [3.63, 3.8) is 0 Å². The van der Waals surface area contributed by atoms with Gasteiger partial charge in [0.05, 0.1) is 23.7 Å². The summed E-state index contributed by atoms with van der Waals surface area (Å²) in [5.41, 5.74) is 1.27. The fourth-order valence-electron chi connectivity index (χ4n) is 4.13. The number of carbonyl (C=O) groups is 2. The number of carbonyl (C=O) groups excluding carboxylic acids is 2. The summed E-state index contributed by atoms with van der Waals surface area (Å²) in [6, 6.07) is 11.3. The third kappa shape index (κ3) is 3.69. The number of nitriles is 1. The molecular formula is C21H23N5O2. The van der Waals surface area contributed by atoms with E-state index in [2.05, 4.69) is 21.3 Å². The van der Waals surface area contributed by atoms with Gasteiger partial charge in [-0.25, -0.2) is 0 Å². The predicted octanol–water partition coefficient (Wildman–Crippen LogP) is 1.55. The number of para-hydroxylation sites is 1. The average Bonchev–Trinajstić information content (AvgIpc) is 3.36. The Morgan fingerprint density at radius 2 is 2.07 bits per heavy atom. The molecule has 2 unspecified atom stereocenters. The first-order valence-corrected chi connectivity index (χ1v) is 9.72. The average molecular weight is 377 g/mol. The molecule has 28 heavy (non-hydrogen) atoms. The summed E-state index contributed by atoms with van der Waals surface area (Å²) < 4.78 is 0. The summed E-state index contributed by atoms with van der Waals surface area (Å²) in [4.78, 5) is 33.3. The van der Waals surface area contributed by atoms with Crippen LogP contribution in [0.25, 0.3) is 10.9 Å². The number of rotatable bonds is 4. The Kier molecular flexibility index (Phi) is 5.22. The maximum Gasteiger partial charge on any atom is 0.253 e.